The third-order valence-electron chi connectivity index (χ3n) is 5.09. The van der Waals surface area contributed by atoms with Gasteiger partial charge in [-0.1, -0.05) is 30.3 Å². The van der Waals surface area contributed by atoms with Crippen molar-refractivity contribution in [2.75, 3.05) is 31.1 Å². The quantitative estimate of drug-likeness (QED) is 0.649. The first-order chi connectivity index (χ1) is 14.0. The number of rotatable bonds is 4. The van der Waals surface area contributed by atoms with E-state index in [1.165, 1.54) is 12.1 Å². The summed E-state index contributed by atoms with van der Waals surface area (Å²) in [6, 6.07) is 15.1. The molecule has 1 fully saturated rings. The van der Waals surface area contributed by atoms with Crippen LogP contribution in [0.5, 0.6) is 0 Å². The summed E-state index contributed by atoms with van der Waals surface area (Å²) in [5.41, 5.74) is 2.22. The predicted molar refractivity (Wildman–Crippen MR) is 106 cm³/mol. The van der Waals surface area contributed by atoms with Crippen LogP contribution in [0.25, 0.3) is 11.1 Å². The predicted octanol–water partition coefficient (Wildman–Crippen LogP) is 4.48. The Labute approximate surface area is 167 Å². The summed E-state index contributed by atoms with van der Waals surface area (Å²) in [6.07, 6.45) is -0.809. The van der Waals surface area contributed by atoms with E-state index in [4.69, 9.17) is 0 Å². The maximum atomic E-state index is 12.8. The molecule has 1 aromatic heterocycles. The Kier molecular flexibility index (Phi) is 5.49. The van der Waals surface area contributed by atoms with Crippen molar-refractivity contribution >= 4 is 5.95 Å². The van der Waals surface area contributed by atoms with E-state index in [2.05, 4.69) is 31.9 Å². The van der Waals surface area contributed by atoms with Crippen LogP contribution in [-0.2, 0) is 12.7 Å². The van der Waals surface area contributed by atoms with Gasteiger partial charge in [-0.3, -0.25) is 4.90 Å². The second-order valence-corrected chi connectivity index (χ2v) is 7.09. The van der Waals surface area contributed by atoms with E-state index >= 15 is 0 Å². The summed E-state index contributed by atoms with van der Waals surface area (Å²) in [4.78, 5) is 13.1. The van der Waals surface area contributed by atoms with Crippen molar-refractivity contribution in [3.8, 4) is 11.1 Å². The fourth-order valence-corrected chi connectivity index (χ4v) is 3.52. The van der Waals surface area contributed by atoms with Crippen molar-refractivity contribution in [1.82, 2.24) is 14.9 Å². The highest BCUT2D eigenvalue weighted by Gasteiger charge is 2.30. The lowest BCUT2D eigenvalue weighted by molar-refractivity contribution is -0.137. The van der Waals surface area contributed by atoms with Crippen molar-refractivity contribution in [2.45, 2.75) is 12.7 Å². The largest absolute Gasteiger partial charge is 0.416 e. The van der Waals surface area contributed by atoms with Crippen molar-refractivity contribution in [3.63, 3.8) is 0 Å². The molecule has 0 aliphatic carbocycles. The fraction of sp³-hybridized carbons (Fsp3) is 0.273. The van der Waals surface area contributed by atoms with Crippen molar-refractivity contribution in [3.05, 3.63) is 78.1 Å². The standard InChI is InChI=1S/C22H21F3N4/c23-22(24,25)20-7-5-18(6-8-20)19-4-1-3-17(15-19)16-28-11-13-29(14-12-28)21-26-9-2-10-27-21/h1-10,15H,11-14,16H2. The lowest BCUT2D eigenvalue weighted by Crippen LogP contribution is -2.46. The van der Waals surface area contributed by atoms with Crippen molar-refractivity contribution < 1.29 is 13.2 Å². The zero-order valence-corrected chi connectivity index (χ0v) is 15.8. The third-order valence-corrected chi connectivity index (χ3v) is 5.09. The van der Waals surface area contributed by atoms with Crippen LogP contribution in [0, 0.1) is 0 Å². The highest BCUT2D eigenvalue weighted by atomic mass is 19.4. The normalized spacial score (nSPS) is 15.5. The van der Waals surface area contributed by atoms with Crippen LogP contribution in [0.4, 0.5) is 19.1 Å². The molecule has 0 N–H and O–H groups in total. The Morgan fingerprint density at radius 1 is 0.793 bits per heavy atom. The maximum absolute atomic E-state index is 12.8. The summed E-state index contributed by atoms with van der Waals surface area (Å²) in [6.45, 7) is 4.34. The van der Waals surface area contributed by atoms with Gasteiger partial charge in [0.15, 0.2) is 0 Å². The molecule has 29 heavy (non-hydrogen) atoms. The second kappa shape index (κ2) is 8.21. The molecular weight excluding hydrogens is 377 g/mol. The van der Waals surface area contributed by atoms with Gasteiger partial charge in [0, 0.05) is 45.1 Å². The Morgan fingerprint density at radius 3 is 2.14 bits per heavy atom. The number of hydrogen-bond acceptors (Lipinski definition) is 4. The Morgan fingerprint density at radius 2 is 1.48 bits per heavy atom. The molecule has 1 aliphatic rings. The van der Waals surface area contributed by atoms with Crippen LogP contribution < -0.4 is 4.90 Å². The van der Waals surface area contributed by atoms with Crippen LogP contribution in [0.1, 0.15) is 11.1 Å². The number of aromatic nitrogens is 2. The minimum absolute atomic E-state index is 0.627. The number of anilines is 1. The second-order valence-electron chi connectivity index (χ2n) is 7.09. The van der Waals surface area contributed by atoms with Gasteiger partial charge in [-0.25, -0.2) is 9.97 Å². The molecule has 4 rings (SSSR count). The molecule has 2 heterocycles. The maximum Gasteiger partial charge on any atom is 0.416 e. The first-order valence-corrected chi connectivity index (χ1v) is 9.50. The Bertz CT molecular complexity index is 934. The molecule has 150 valence electrons. The topological polar surface area (TPSA) is 32.3 Å². The van der Waals surface area contributed by atoms with Gasteiger partial charge in [-0.05, 0) is 41.0 Å². The minimum Gasteiger partial charge on any atom is -0.338 e. The summed E-state index contributed by atoms with van der Waals surface area (Å²) < 4.78 is 38.3. The molecule has 0 saturated carbocycles. The van der Waals surface area contributed by atoms with Gasteiger partial charge < -0.3 is 4.90 Å². The third kappa shape index (κ3) is 4.74. The van der Waals surface area contributed by atoms with E-state index in [0.717, 1.165) is 67.5 Å². The summed E-state index contributed by atoms with van der Waals surface area (Å²) in [7, 11) is 0. The molecule has 0 radical (unpaired) electrons. The lowest BCUT2D eigenvalue weighted by Gasteiger charge is -2.34. The Balaban J connectivity index is 1.40. The average Bonchev–Trinajstić information content (AvgIpc) is 2.75. The average molecular weight is 398 g/mol. The molecule has 0 bridgehead atoms. The number of alkyl halides is 3. The van der Waals surface area contributed by atoms with Gasteiger partial charge in [0.25, 0.3) is 0 Å². The van der Waals surface area contributed by atoms with Gasteiger partial charge in [-0.15, -0.1) is 0 Å². The molecule has 3 aromatic rings. The van der Waals surface area contributed by atoms with Gasteiger partial charge >= 0.3 is 6.18 Å². The van der Waals surface area contributed by atoms with Crippen molar-refractivity contribution in [2.24, 2.45) is 0 Å². The van der Waals surface area contributed by atoms with Gasteiger partial charge in [0.2, 0.25) is 5.95 Å². The van der Waals surface area contributed by atoms with Crippen LogP contribution in [-0.4, -0.2) is 41.0 Å². The van der Waals surface area contributed by atoms with E-state index in [0.29, 0.717) is 0 Å². The lowest BCUT2D eigenvalue weighted by atomic mass is 10.0. The van der Waals surface area contributed by atoms with Crippen LogP contribution in [0.2, 0.25) is 0 Å². The molecule has 0 spiro atoms. The SMILES string of the molecule is FC(F)(F)c1ccc(-c2cccc(CN3CCN(c4ncccn4)CC3)c2)cc1. The number of piperazine rings is 1. The molecular formula is C22H21F3N4. The first-order valence-electron chi connectivity index (χ1n) is 9.50. The molecule has 0 unspecified atom stereocenters. The smallest absolute Gasteiger partial charge is 0.338 e. The summed E-state index contributed by atoms with van der Waals surface area (Å²) in [5, 5.41) is 0. The zero-order valence-electron chi connectivity index (χ0n) is 15.8. The highest BCUT2D eigenvalue weighted by Crippen LogP contribution is 2.31. The van der Waals surface area contributed by atoms with Gasteiger partial charge in [0.05, 0.1) is 5.56 Å². The minimum atomic E-state index is -4.31. The number of halogens is 3. The van der Waals surface area contributed by atoms with E-state index in [1.54, 1.807) is 12.4 Å². The summed E-state index contributed by atoms with van der Waals surface area (Å²) >= 11 is 0. The molecule has 0 amide bonds. The van der Waals surface area contributed by atoms with Crippen molar-refractivity contribution in [1.29, 1.82) is 0 Å². The molecule has 1 aliphatic heterocycles. The van der Waals surface area contributed by atoms with E-state index < -0.39 is 11.7 Å². The molecule has 4 nitrogen and oxygen atoms in total. The molecule has 1 saturated heterocycles. The van der Waals surface area contributed by atoms with Gasteiger partial charge in [0.1, 0.15) is 0 Å². The zero-order chi connectivity index (χ0) is 20.3. The van der Waals surface area contributed by atoms with Crippen LogP contribution in [0.3, 0.4) is 0 Å². The van der Waals surface area contributed by atoms with Crippen LogP contribution in [0.15, 0.2) is 67.0 Å². The van der Waals surface area contributed by atoms with E-state index in [9.17, 15) is 13.2 Å². The number of nitrogens with zero attached hydrogens (tertiary/aromatic N) is 4. The monoisotopic (exact) mass is 398 g/mol. The van der Waals surface area contributed by atoms with E-state index in [1.807, 2.05) is 18.2 Å². The highest BCUT2D eigenvalue weighted by molar-refractivity contribution is 5.64. The van der Waals surface area contributed by atoms with Gasteiger partial charge in [-0.2, -0.15) is 13.2 Å². The van der Waals surface area contributed by atoms with Crippen LogP contribution >= 0.6 is 0 Å². The first kappa shape index (κ1) is 19.4. The Hall–Kier alpha value is -2.93. The van der Waals surface area contributed by atoms with E-state index in [-0.39, 0.29) is 0 Å². The number of benzene rings is 2. The molecule has 2 aromatic carbocycles. The molecule has 7 heteroatoms. The molecule has 0 atom stereocenters. The fourth-order valence-electron chi connectivity index (χ4n) is 3.52. The number of hydrogen-bond donors (Lipinski definition) is 0. The summed E-state index contributed by atoms with van der Waals surface area (Å²) in [5.74, 6) is 0.761.